The highest BCUT2D eigenvalue weighted by molar-refractivity contribution is 5.88. The first kappa shape index (κ1) is 23.1. The first-order chi connectivity index (χ1) is 17.5. The number of halogens is 2. The maximum atomic E-state index is 14.1. The molecular formula is C25H20F2N6O3. The molecule has 0 radical (unpaired) electrons. The molecule has 0 spiro atoms. The van der Waals surface area contributed by atoms with Crippen LogP contribution in [-0.4, -0.2) is 49.2 Å². The van der Waals surface area contributed by atoms with Gasteiger partial charge in [0.1, 0.15) is 11.0 Å². The molecule has 5 aromatic rings. The second-order valence-electron chi connectivity index (χ2n) is 7.76. The Hall–Kier alpha value is -4.67. The van der Waals surface area contributed by atoms with E-state index in [4.69, 9.17) is 9.47 Å². The number of aromatic nitrogens is 6. The summed E-state index contributed by atoms with van der Waals surface area (Å²) in [6, 6.07) is 11.2. The molecule has 0 amide bonds. The first-order valence-corrected chi connectivity index (χ1v) is 11.0. The van der Waals surface area contributed by atoms with Gasteiger partial charge in [-0.2, -0.15) is 15.2 Å². The van der Waals surface area contributed by atoms with Crippen LogP contribution < -0.4 is 4.74 Å². The Labute approximate surface area is 203 Å². The molecule has 0 unspecified atom stereocenters. The van der Waals surface area contributed by atoms with E-state index < -0.39 is 17.6 Å². The summed E-state index contributed by atoms with van der Waals surface area (Å²) in [5.41, 5.74) is 2.99. The van der Waals surface area contributed by atoms with Gasteiger partial charge in [-0.15, -0.1) is 0 Å². The van der Waals surface area contributed by atoms with Crippen LogP contribution in [0, 0.1) is 11.6 Å². The number of ether oxygens (including phenoxy) is 2. The first-order valence-electron chi connectivity index (χ1n) is 11.0. The largest absolute Gasteiger partial charge is 0.479 e. The molecule has 3 heterocycles. The van der Waals surface area contributed by atoms with Crippen LogP contribution in [0.3, 0.4) is 0 Å². The van der Waals surface area contributed by atoms with Gasteiger partial charge in [0.25, 0.3) is 5.95 Å². The van der Waals surface area contributed by atoms with E-state index in [0.717, 1.165) is 11.6 Å². The monoisotopic (exact) mass is 490 g/mol. The van der Waals surface area contributed by atoms with Crippen molar-refractivity contribution in [2.75, 3.05) is 13.7 Å². The van der Waals surface area contributed by atoms with Crippen molar-refractivity contribution in [2.24, 2.45) is 0 Å². The summed E-state index contributed by atoms with van der Waals surface area (Å²) in [6.45, 7) is 2.34. The lowest BCUT2D eigenvalue weighted by Crippen LogP contribution is -2.07. The number of rotatable bonds is 7. The number of benzene rings is 2. The van der Waals surface area contributed by atoms with E-state index in [1.54, 1.807) is 29.9 Å². The Morgan fingerprint density at radius 2 is 1.83 bits per heavy atom. The van der Waals surface area contributed by atoms with Gasteiger partial charge in [0.05, 0.1) is 38.2 Å². The highest BCUT2D eigenvalue weighted by atomic mass is 19.2. The summed E-state index contributed by atoms with van der Waals surface area (Å²) >= 11 is 0. The maximum Gasteiger partial charge on any atom is 0.341 e. The molecule has 36 heavy (non-hydrogen) atoms. The van der Waals surface area contributed by atoms with Crippen LogP contribution in [0.2, 0.25) is 0 Å². The van der Waals surface area contributed by atoms with Crippen LogP contribution in [0.5, 0.6) is 5.88 Å². The molecule has 5 rings (SSSR count). The van der Waals surface area contributed by atoms with Crippen LogP contribution in [0.25, 0.3) is 28.1 Å². The lowest BCUT2D eigenvalue weighted by molar-refractivity contribution is 0.0526. The fraction of sp³-hybridized carbons (Fsp3) is 0.160. The maximum absolute atomic E-state index is 14.1. The minimum atomic E-state index is -0.890. The van der Waals surface area contributed by atoms with Crippen LogP contribution >= 0.6 is 0 Å². The fourth-order valence-electron chi connectivity index (χ4n) is 3.76. The molecule has 0 bridgehead atoms. The van der Waals surface area contributed by atoms with Crippen molar-refractivity contribution in [3.05, 3.63) is 83.8 Å². The van der Waals surface area contributed by atoms with Crippen LogP contribution in [-0.2, 0) is 11.3 Å². The van der Waals surface area contributed by atoms with Gasteiger partial charge in [0.15, 0.2) is 11.6 Å². The van der Waals surface area contributed by atoms with Gasteiger partial charge < -0.3 is 9.47 Å². The Morgan fingerprint density at radius 3 is 2.58 bits per heavy atom. The highest BCUT2D eigenvalue weighted by Gasteiger charge is 2.18. The summed E-state index contributed by atoms with van der Waals surface area (Å²) in [4.78, 5) is 20.9. The van der Waals surface area contributed by atoms with Gasteiger partial charge in [-0.05, 0) is 24.1 Å². The van der Waals surface area contributed by atoms with Crippen molar-refractivity contribution in [3.63, 3.8) is 0 Å². The van der Waals surface area contributed by atoms with Gasteiger partial charge >= 0.3 is 5.97 Å². The summed E-state index contributed by atoms with van der Waals surface area (Å²) in [6.07, 6.45) is 4.43. The Morgan fingerprint density at radius 1 is 1.03 bits per heavy atom. The molecular weight excluding hydrogens is 470 g/mol. The number of hydrogen-bond acceptors (Lipinski definition) is 7. The predicted octanol–water partition coefficient (Wildman–Crippen LogP) is 4.19. The zero-order valence-electron chi connectivity index (χ0n) is 19.4. The van der Waals surface area contributed by atoms with Crippen molar-refractivity contribution < 1.29 is 23.0 Å². The molecule has 0 atom stereocenters. The van der Waals surface area contributed by atoms with Crippen LogP contribution in [0.15, 0.2) is 61.1 Å². The van der Waals surface area contributed by atoms with Crippen molar-refractivity contribution in [3.8, 4) is 23.0 Å². The number of hydrogen-bond donors (Lipinski definition) is 0. The smallest absolute Gasteiger partial charge is 0.341 e. The molecule has 0 aliphatic rings. The molecule has 0 saturated heterocycles. The minimum Gasteiger partial charge on any atom is -0.479 e. The number of nitrogens with zero attached hydrogens (tertiary/aromatic N) is 6. The van der Waals surface area contributed by atoms with E-state index in [1.165, 1.54) is 36.3 Å². The van der Waals surface area contributed by atoms with E-state index in [0.29, 0.717) is 23.1 Å². The molecule has 3 aromatic heterocycles. The summed E-state index contributed by atoms with van der Waals surface area (Å²) < 4.78 is 41.2. The van der Waals surface area contributed by atoms with E-state index in [9.17, 15) is 13.6 Å². The minimum absolute atomic E-state index is 0.193. The van der Waals surface area contributed by atoms with E-state index in [2.05, 4.69) is 20.2 Å². The van der Waals surface area contributed by atoms with Crippen molar-refractivity contribution >= 4 is 17.0 Å². The zero-order chi connectivity index (χ0) is 25.2. The van der Waals surface area contributed by atoms with Gasteiger partial charge in [-0.25, -0.2) is 23.2 Å². The zero-order valence-corrected chi connectivity index (χ0v) is 19.4. The highest BCUT2D eigenvalue weighted by Crippen LogP contribution is 2.27. The molecule has 0 aliphatic heterocycles. The van der Waals surface area contributed by atoms with E-state index in [-0.39, 0.29) is 29.6 Å². The molecule has 182 valence electrons. The summed E-state index contributed by atoms with van der Waals surface area (Å²) in [5, 5.41) is 8.57. The summed E-state index contributed by atoms with van der Waals surface area (Å²) in [5.74, 6) is -1.78. The topological polar surface area (TPSA) is 97.0 Å². The fourth-order valence-corrected chi connectivity index (χ4v) is 3.76. The van der Waals surface area contributed by atoms with Gasteiger partial charge in [0.2, 0.25) is 5.88 Å². The number of methoxy groups -OCH3 is 1. The molecule has 11 heteroatoms. The Bertz CT molecular complexity index is 1560. The molecule has 9 nitrogen and oxygen atoms in total. The lowest BCUT2D eigenvalue weighted by Gasteiger charge is -2.09. The quantitative estimate of drug-likeness (QED) is 0.316. The van der Waals surface area contributed by atoms with Gasteiger partial charge in [-0.3, -0.25) is 4.68 Å². The normalized spacial score (nSPS) is 11.1. The number of esters is 1. The number of carbonyl (C=O) groups excluding carboxylic acids is 1. The predicted molar refractivity (Wildman–Crippen MR) is 126 cm³/mol. The Kier molecular flexibility index (Phi) is 6.11. The van der Waals surface area contributed by atoms with E-state index >= 15 is 0 Å². The third-order valence-corrected chi connectivity index (χ3v) is 5.49. The average Bonchev–Trinajstić information content (AvgIpc) is 3.54. The molecule has 0 aliphatic carbocycles. The van der Waals surface area contributed by atoms with Crippen molar-refractivity contribution in [1.29, 1.82) is 0 Å². The molecule has 2 aromatic carbocycles. The van der Waals surface area contributed by atoms with Crippen LogP contribution in [0.1, 0.15) is 22.8 Å². The SMILES string of the molecule is CCOC(=O)c1cnn(-c2nc(OC)c3c(cnn3Cc3ccc(-c4cccc(F)c4F)cc3)n2)c1. The standard InChI is InChI=1S/C25H20F2N6O3/c1-3-36-24(34)17-11-28-33(14-17)25-30-20-12-29-32(22(20)23(31-25)35-2)13-15-7-9-16(10-8-15)18-5-4-6-19(26)21(18)27/h4-12,14H,3,13H2,1-2H3. The second kappa shape index (κ2) is 9.53. The summed E-state index contributed by atoms with van der Waals surface area (Å²) in [7, 11) is 1.48. The second-order valence-corrected chi connectivity index (χ2v) is 7.76. The Balaban J connectivity index is 1.43. The van der Waals surface area contributed by atoms with Gasteiger partial charge in [-0.1, -0.05) is 36.4 Å². The molecule has 0 fully saturated rings. The van der Waals surface area contributed by atoms with Crippen LogP contribution in [0.4, 0.5) is 8.78 Å². The molecule has 0 N–H and O–H groups in total. The molecule has 0 saturated carbocycles. The van der Waals surface area contributed by atoms with E-state index in [1.807, 2.05) is 12.1 Å². The average molecular weight is 490 g/mol. The van der Waals surface area contributed by atoms with Crippen molar-refractivity contribution in [2.45, 2.75) is 13.5 Å². The van der Waals surface area contributed by atoms with Crippen molar-refractivity contribution in [1.82, 2.24) is 29.5 Å². The lowest BCUT2D eigenvalue weighted by atomic mass is 10.0. The number of fused-ring (bicyclic) bond motifs is 1. The third kappa shape index (κ3) is 4.26. The number of carbonyl (C=O) groups is 1. The third-order valence-electron chi connectivity index (χ3n) is 5.49. The van der Waals surface area contributed by atoms with Gasteiger partial charge in [0, 0.05) is 11.8 Å².